The van der Waals surface area contributed by atoms with Gasteiger partial charge in [-0.2, -0.15) is 4.72 Å². The predicted molar refractivity (Wildman–Crippen MR) is 101 cm³/mol. The lowest BCUT2D eigenvalue weighted by atomic mass is 9.78. The highest BCUT2D eigenvalue weighted by Gasteiger charge is 2.28. The molecule has 1 saturated carbocycles. The summed E-state index contributed by atoms with van der Waals surface area (Å²) in [6, 6.07) is 6.35. The van der Waals surface area contributed by atoms with Gasteiger partial charge < -0.3 is 10.1 Å². The van der Waals surface area contributed by atoms with E-state index in [2.05, 4.69) is 23.9 Å². The Bertz CT molecular complexity index is 761. The van der Waals surface area contributed by atoms with Gasteiger partial charge in [0.1, 0.15) is 6.54 Å². The summed E-state index contributed by atoms with van der Waals surface area (Å²) in [5, 5.41) is 2.90. The lowest BCUT2D eigenvalue weighted by molar-refractivity contribution is -0.147. The third-order valence-corrected chi connectivity index (χ3v) is 6.57. The number of amides is 1. The number of sulfonamides is 1. The first-order chi connectivity index (χ1) is 12.7. The second kappa shape index (κ2) is 9.32. The highest BCUT2D eigenvalue weighted by atomic mass is 32.2. The molecule has 0 heterocycles. The zero-order chi connectivity index (χ0) is 20.0. The molecule has 0 aliphatic heterocycles. The molecule has 1 fully saturated rings. The van der Waals surface area contributed by atoms with Gasteiger partial charge in [-0.25, -0.2) is 8.42 Å². The Morgan fingerprint density at radius 3 is 2.48 bits per heavy atom. The summed E-state index contributed by atoms with van der Waals surface area (Å²) in [6.45, 7) is 5.19. The molecule has 0 bridgehead atoms. The number of esters is 1. The maximum atomic E-state index is 12.1. The predicted octanol–water partition coefficient (Wildman–Crippen LogP) is 1.76. The van der Waals surface area contributed by atoms with E-state index in [0.717, 1.165) is 24.8 Å². The number of benzene rings is 1. The smallest absolute Gasteiger partial charge is 0.321 e. The van der Waals surface area contributed by atoms with Crippen LogP contribution in [0.5, 0.6) is 0 Å². The van der Waals surface area contributed by atoms with Crippen LogP contribution < -0.4 is 10.0 Å². The van der Waals surface area contributed by atoms with E-state index < -0.39 is 29.1 Å². The molecule has 1 aromatic carbocycles. The van der Waals surface area contributed by atoms with Crippen molar-refractivity contribution in [2.45, 2.75) is 51.0 Å². The number of nitrogens with one attached hydrogen (secondary N) is 2. The Labute approximate surface area is 160 Å². The average Bonchev–Trinajstić information content (AvgIpc) is 2.62. The summed E-state index contributed by atoms with van der Waals surface area (Å²) in [5.41, 5.74) is 0.932. The van der Waals surface area contributed by atoms with Gasteiger partial charge in [-0.15, -0.1) is 0 Å². The standard InChI is InChI=1S/C19H28N2O5S/c1-13-7-9-16(10-8-13)27(24,25)20-11-19(23)26-12-18(22)21-17-6-4-5-14(2)15(17)3/h7-10,14-15,17,20H,4-6,11-12H2,1-3H3,(H,21,22)/t14-,15+,17-/m1/s1. The third kappa shape index (κ3) is 6.32. The average molecular weight is 397 g/mol. The van der Waals surface area contributed by atoms with Gasteiger partial charge in [0.2, 0.25) is 10.0 Å². The van der Waals surface area contributed by atoms with Gasteiger partial charge in [0.05, 0.1) is 4.90 Å². The molecule has 1 aliphatic carbocycles. The number of ether oxygens (including phenoxy) is 1. The van der Waals surface area contributed by atoms with Crippen LogP contribution >= 0.6 is 0 Å². The van der Waals surface area contributed by atoms with Crippen molar-refractivity contribution in [2.75, 3.05) is 13.2 Å². The van der Waals surface area contributed by atoms with Crippen LogP contribution in [0.25, 0.3) is 0 Å². The van der Waals surface area contributed by atoms with Crippen molar-refractivity contribution in [3.05, 3.63) is 29.8 Å². The van der Waals surface area contributed by atoms with Gasteiger partial charge >= 0.3 is 5.97 Å². The first-order valence-corrected chi connectivity index (χ1v) is 10.7. The van der Waals surface area contributed by atoms with Crippen LogP contribution in [-0.4, -0.2) is 39.5 Å². The fraction of sp³-hybridized carbons (Fsp3) is 0.579. The zero-order valence-electron chi connectivity index (χ0n) is 16.0. The van der Waals surface area contributed by atoms with E-state index in [1.165, 1.54) is 12.1 Å². The Morgan fingerprint density at radius 2 is 1.81 bits per heavy atom. The number of carbonyl (C=O) groups is 2. The van der Waals surface area contributed by atoms with E-state index >= 15 is 0 Å². The van der Waals surface area contributed by atoms with Crippen LogP contribution in [0, 0.1) is 18.8 Å². The van der Waals surface area contributed by atoms with E-state index in [4.69, 9.17) is 4.74 Å². The van der Waals surface area contributed by atoms with E-state index in [9.17, 15) is 18.0 Å². The van der Waals surface area contributed by atoms with Gasteiger partial charge in [0.15, 0.2) is 6.61 Å². The van der Waals surface area contributed by atoms with Crippen molar-refractivity contribution in [3.63, 3.8) is 0 Å². The number of aryl methyl sites for hydroxylation is 1. The van der Waals surface area contributed by atoms with Crippen molar-refractivity contribution in [1.82, 2.24) is 10.0 Å². The fourth-order valence-electron chi connectivity index (χ4n) is 3.19. The van der Waals surface area contributed by atoms with Gasteiger partial charge in [-0.05, 0) is 37.3 Å². The maximum Gasteiger partial charge on any atom is 0.321 e. The zero-order valence-corrected chi connectivity index (χ0v) is 16.8. The van der Waals surface area contributed by atoms with Crippen LogP contribution in [0.1, 0.15) is 38.7 Å². The Kier molecular flexibility index (Phi) is 7.38. The summed E-state index contributed by atoms with van der Waals surface area (Å²) in [6.07, 6.45) is 3.14. The Balaban J connectivity index is 1.75. The molecular formula is C19H28N2O5S. The molecule has 150 valence electrons. The van der Waals surface area contributed by atoms with Crippen LogP contribution in [0.2, 0.25) is 0 Å². The second-order valence-corrected chi connectivity index (χ2v) is 9.01. The molecule has 7 nitrogen and oxygen atoms in total. The number of carbonyl (C=O) groups excluding carboxylic acids is 2. The van der Waals surface area contributed by atoms with E-state index in [0.29, 0.717) is 11.8 Å². The monoisotopic (exact) mass is 396 g/mol. The first kappa shape index (κ1) is 21.4. The molecule has 8 heteroatoms. The Hall–Kier alpha value is -1.93. The topological polar surface area (TPSA) is 102 Å². The number of hydrogen-bond donors (Lipinski definition) is 2. The van der Waals surface area contributed by atoms with Gasteiger partial charge in [0.25, 0.3) is 5.91 Å². The number of hydrogen-bond acceptors (Lipinski definition) is 5. The van der Waals surface area contributed by atoms with Crippen LogP contribution in [-0.2, 0) is 24.3 Å². The molecule has 2 N–H and O–H groups in total. The molecule has 1 aromatic rings. The quantitative estimate of drug-likeness (QED) is 0.684. The first-order valence-electron chi connectivity index (χ1n) is 9.20. The van der Waals surface area contributed by atoms with Crippen LogP contribution in [0.4, 0.5) is 0 Å². The lowest BCUT2D eigenvalue weighted by Crippen LogP contribution is -2.45. The second-order valence-electron chi connectivity index (χ2n) is 7.24. The molecule has 0 unspecified atom stereocenters. The van der Waals surface area contributed by atoms with Crippen LogP contribution in [0.15, 0.2) is 29.2 Å². The fourth-order valence-corrected chi connectivity index (χ4v) is 4.15. The van der Waals surface area contributed by atoms with Crippen LogP contribution in [0.3, 0.4) is 0 Å². The van der Waals surface area contributed by atoms with Crippen molar-refractivity contribution in [1.29, 1.82) is 0 Å². The van der Waals surface area contributed by atoms with Crippen molar-refractivity contribution in [2.24, 2.45) is 11.8 Å². The summed E-state index contributed by atoms with van der Waals surface area (Å²) >= 11 is 0. The third-order valence-electron chi connectivity index (χ3n) is 5.16. The van der Waals surface area contributed by atoms with E-state index in [1.54, 1.807) is 12.1 Å². The molecule has 1 amide bonds. The molecule has 0 aromatic heterocycles. The molecule has 3 atom stereocenters. The molecule has 2 rings (SSSR count). The highest BCUT2D eigenvalue weighted by Crippen LogP contribution is 2.29. The van der Waals surface area contributed by atoms with Gasteiger partial charge in [-0.1, -0.05) is 44.4 Å². The molecule has 0 spiro atoms. The summed E-state index contributed by atoms with van der Waals surface area (Å²) in [7, 11) is -3.80. The summed E-state index contributed by atoms with van der Waals surface area (Å²) in [4.78, 5) is 23.8. The molecule has 27 heavy (non-hydrogen) atoms. The maximum absolute atomic E-state index is 12.1. The minimum atomic E-state index is -3.80. The Morgan fingerprint density at radius 1 is 1.15 bits per heavy atom. The highest BCUT2D eigenvalue weighted by molar-refractivity contribution is 7.89. The minimum absolute atomic E-state index is 0.0686. The van der Waals surface area contributed by atoms with Crippen molar-refractivity contribution in [3.8, 4) is 0 Å². The van der Waals surface area contributed by atoms with Gasteiger partial charge in [-0.3, -0.25) is 9.59 Å². The van der Waals surface area contributed by atoms with Gasteiger partial charge in [0, 0.05) is 6.04 Å². The largest absolute Gasteiger partial charge is 0.455 e. The van der Waals surface area contributed by atoms with E-state index in [-0.39, 0.29) is 16.8 Å². The minimum Gasteiger partial charge on any atom is -0.455 e. The van der Waals surface area contributed by atoms with Crippen molar-refractivity contribution >= 4 is 21.9 Å². The van der Waals surface area contributed by atoms with E-state index in [1.807, 2.05) is 6.92 Å². The molecule has 1 aliphatic rings. The number of rotatable bonds is 7. The van der Waals surface area contributed by atoms with Crippen molar-refractivity contribution < 1.29 is 22.7 Å². The SMILES string of the molecule is Cc1ccc(S(=O)(=O)NCC(=O)OCC(=O)N[C@@H]2CCC[C@@H](C)[C@@H]2C)cc1. The molecule has 0 saturated heterocycles. The lowest BCUT2D eigenvalue weighted by Gasteiger charge is -2.34. The normalized spacial score (nSPS) is 22.9. The molecule has 0 radical (unpaired) electrons. The summed E-state index contributed by atoms with van der Waals surface area (Å²) in [5.74, 6) is -0.246. The molecular weight excluding hydrogens is 368 g/mol. The summed E-state index contributed by atoms with van der Waals surface area (Å²) < 4.78 is 31.3.